The lowest BCUT2D eigenvalue weighted by atomic mass is 10.2. The molecule has 16 heavy (non-hydrogen) atoms. The first-order valence-corrected chi connectivity index (χ1v) is 6.93. The van der Waals surface area contributed by atoms with Gasteiger partial charge in [0.15, 0.2) is 5.82 Å². The molecule has 88 valence electrons. The summed E-state index contributed by atoms with van der Waals surface area (Å²) in [7, 11) is 0. The van der Waals surface area contributed by atoms with Crippen molar-refractivity contribution in [3.8, 4) is 0 Å². The van der Waals surface area contributed by atoms with Gasteiger partial charge >= 0.3 is 0 Å². The molecule has 2 heterocycles. The third-order valence-corrected chi connectivity index (χ3v) is 3.79. The summed E-state index contributed by atoms with van der Waals surface area (Å²) >= 11 is 8.01. The highest BCUT2D eigenvalue weighted by atomic mass is 35.5. The third kappa shape index (κ3) is 2.92. The molecule has 0 radical (unpaired) electrons. The van der Waals surface area contributed by atoms with E-state index in [2.05, 4.69) is 20.6 Å². The van der Waals surface area contributed by atoms with Crippen molar-refractivity contribution in [1.29, 1.82) is 0 Å². The van der Waals surface area contributed by atoms with E-state index in [0.717, 1.165) is 18.1 Å². The number of nitrogens with zero attached hydrogens (tertiary/aromatic N) is 2. The van der Waals surface area contributed by atoms with Crippen LogP contribution in [0.15, 0.2) is 6.20 Å². The van der Waals surface area contributed by atoms with Crippen LogP contribution < -0.4 is 10.6 Å². The first-order valence-electron chi connectivity index (χ1n) is 5.40. The molecular weight excluding hydrogens is 244 g/mol. The SMILES string of the molecule is CCNc1ncc(Cl)c(NC2CCSC2)n1. The summed E-state index contributed by atoms with van der Waals surface area (Å²) in [5.74, 6) is 3.69. The Bertz CT molecular complexity index is 355. The number of rotatable bonds is 4. The second-order valence-electron chi connectivity index (χ2n) is 3.63. The van der Waals surface area contributed by atoms with Crippen molar-refractivity contribution in [2.24, 2.45) is 0 Å². The molecule has 0 aliphatic carbocycles. The minimum Gasteiger partial charge on any atom is -0.365 e. The zero-order valence-electron chi connectivity index (χ0n) is 9.16. The van der Waals surface area contributed by atoms with Crippen LogP contribution in [0.25, 0.3) is 0 Å². The summed E-state index contributed by atoms with van der Waals surface area (Å²) < 4.78 is 0. The first kappa shape index (κ1) is 11.8. The molecule has 1 unspecified atom stereocenters. The number of halogens is 1. The summed E-state index contributed by atoms with van der Waals surface area (Å²) in [5.41, 5.74) is 0. The molecule has 1 saturated heterocycles. The van der Waals surface area contributed by atoms with Crippen LogP contribution in [0, 0.1) is 0 Å². The van der Waals surface area contributed by atoms with Crippen molar-refractivity contribution in [3.63, 3.8) is 0 Å². The highest BCUT2D eigenvalue weighted by molar-refractivity contribution is 7.99. The quantitative estimate of drug-likeness (QED) is 0.869. The number of anilines is 2. The van der Waals surface area contributed by atoms with Crippen LogP contribution in [0.5, 0.6) is 0 Å². The fraction of sp³-hybridized carbons (Fsp3) is 0.600. The second kappa shape index (κ2) is 5.59. The maximum absolute atomic E-state index is 6.05. The van der Waals surface area contributed by atoms with Gasteiger partial charge in [-0.15, -0.1) is 0 Å². The molecule has 0 aromatic carbocycles. The average Bonchev–Trinajstić information content (AvgIpc) is 2.76. The fourth-order valence-electron chi connectivity index (χ4n) is 1.55. The predicted octanol–water partition coefficient (Wildman–Crippen LogP) is 2.48. The fourth-order valence-corrected chi connectivity index (χ4v) is 2.85. The Morgan fingerprint density at radius 1 is 1.62 bits per heavy atom. The highest BCUT2D eigenvalue weighted by Crippen LogP contribution is 2.25. The van der Waals surface area contributed by atoms with Crippen LogP contribution >= 0.6 is 23.4 Å². The molecule has 1 atom stereocenters. The molecular formula is C10H15ClN4S. The van der Waals surface area contributed by atoms with Crippen LogP contribution in [-0.2, 0) is 0 Å². The van der Waals surface area contributed by atoms with E-state index in [-0.39, 0.29) is 0 Å². The van der Waals surface area contributed by atoms with Gasteiger partial charge in [-0.1, -0.05) is 11.6 Å². The van der Waals surface area contributed by atoms with E-state index in [0.29, 0.717) is 17.0 Å². The molecule has 1 aliphatic rings. The molecule has 0 spiro atoms. The number of hydrogen-bond donors (Lipinski definition) is 2. The van der Waals surface area contributed by atoms with E-state index < -0.39 is 0 Å². The van der Waals surface area contributed by atoms with Gasteiger partial charge in [0, 0.05) is 18.3 Å². The molecule has 6 heteroatoms. The molecule has 1 aliphatic heterocycles. The lowest BCUT2D eigenvalue weighted by Gasteiger charge is -2.13. The summed E-state index contributed by atoms with van der Waals surface area (Å²) in [6, 6.07) is 0.479. The molecule has 1 aromatic rings. The Labute approximate surface area is 105 Å². The minimum atomic E-state index is 0.479. The zero-order valence-corrected chi connectivity index (χ0v) is 10.7. The van der Waals surface area contributed by atoms with Gasteiger partial charge in [0.25, 0.3) is 0 Å². The average molecular weight is 259 g/mol. The van der Waals surface area contributed by atoms with Gasteiger partial charge in [0.1, 0.15) is 5.02 Å². The lowest BCUT2D eigenvalue weighted by Crippen LogP contribution is -2.19. The minimum absolute atomic E-state index is 0.479. The molecule has 2 rings (SSSR count). The van der Waals surface area contributed by atoms with E-state index in [1.54, 1.807) is 6.20 Å². The normalized spacial score (nSPS) is 19.8. The maximum Gasteiger partial charge on any atom is 0.224 e. The van der Waals surface area contributed by atoms with Crippen molar-refractivity contribution < 1.29 is 0 Å². The summed E-state index contributed by atoms with van der Waals surface area (Å²) in [4.78, 5) is 8.45. The van der Waals surface area contributed by atoms with Gasteiger partial charge < -0.3 is 10.6 Å². The molecule has 2 N–H and O–H groups in total. The first-order chi connectivity index (χ1) is 7.79. The summed E-state index contributed by atoms with van der Waals surface area (Å²) in [6.07, 6.45) is 2.80. The van der Waals surface area contributed by atoms with Crippen molar-refractivity contribution in [3.05, 3.63) is 11.2 Å². The second-order valence-corrected chi connectivity index (χ2v) is 5.18. The van der Waals surface area contributed by atoms with E-state index in [4.69, 9.17) is 11.6 Å². The highest BCUT2D eigenvalue weighted by Gasteiger charge is 2.17. The molecule has 4 nitrogen and oxygen atoms in total. The zero-order chi connectivity index (χ0) is 11.4. The number of hydrogen-bond acceptors (Lipinski definition) is 5. The summed E-state index contributed by atoms with van der Waals surface area (Å²) in [5, 5.41) is 7.02. The topological polar surface area (TPSA) is 49.8 Å². The monoisotopic (exact) mass is 258 g/mol. The summed E-state index contributed by atoms with van der Waals surface area (Å²) in [6.45, 7) is 2.82. The number of nitrogens with one attached hydrogen (secondary N) is 2. The number of thioether (sulfide) groups is 1. The van der Waals surface area contributed by atoms with Crippen molar-refractivity contribution in [1.82, 2.24) is 9.97 Å². The molecule has 0 bridgehead atoms. The van der Waals surface area contributed by atoms with Gasteiger partial charge in [0.2, 0.25) is 5.95 Å². The van der Waals surface area contributed by atoms with E-state index in [9.17, 15) is 0 Å². The van der Waals surface area contributed by atoms with E-state index >= 15 is 0 Å². The maximum atomic E-state index is 6.05. The predicted molar refractivity (Wildman–Crippen MR) is 70.6 cm³/mol. The largest absolute Gasteiger partial charge is 0.365 e. The van der Waals surface area contributed by atoms with Crippen LogP contribution in [0.1, 0.15) is 13.3 Å². The Kier molecular flexibility index (Phi) is 4.12. The van der Waals surface area contributed by atoms with Gasteiger partial charge in [-0.2, -0.15) is 16.7 Å². The Morgan fingerprint density at radius 3 is 3.19 bits per heavy atom. The smallest absolute Gasteiger partial charge is 0.224 e. The van der Waals surface area contributed by atoms with Crippen molar-refractivity contribution in [2.75, 3.05) is 28.7 Å². The molecule has 0 amide bonds. The van der Waals surface area contributed by atoms with Crippen LogP contribution in [0.2, 0.25) is 5.02 Å². The van der Waals surface area contributed by atoms with Gasteiger partial charge in [-0.25, -0.2) is 4.98 Å². The van der Waals surface area contributed by atoms with Crippen molar-refractivity contribution >= 4 is 35.1 Å². The van der Waals surface area contributed by atoms with Gasteiger partial charge in [-0.05, 0) is 19.1 Å². The van der Waals surface area contributed by atoms with Gasteiger partial charge in [-0.3, -0.25) is 0 Å². The number of aromatic nitrogens is 2. The molecule has 1 aromatic heterocycles. The Balaban J connectivity index is 2.08. The Morgan fingerprint density at radius 2 is 2.50 bits per heavy atom. The van der Waals surface area contributed by atoms with E-state index in [1.165, 1.54) is 12.2 Å². The van der Waals surface area contributed by atoms with Crippen LogP contribution in [0.3, 0.4) is 0 Å². The lowest BCUT2D eigenvalue weighted by molar-refractivity contribution is 0.805. The van der Waals surface area contributed by atoms with Crippen LogP contribution in [-0.4, -0.2) is 34.1 Å². The van der Waals surface area contributed by atoms with Crippen LogP contribution in [0.4, 0.5) is 11.8 Å². The third-order valence-electron chi connectivity index (χ3n) is 2.35. The Hall–Kier alpha value is -0.680. The molecule has 1 fully saturated rings. The van der Waals surface area contributed by atoms with E-state index in [1.807, 2.05) is 18.7 Å². The molecule has 0 saturated carbocycles. The van der Waals surface area contributed by atoms with Gasteiger partial charge in [0.05, 0.1) is 6.20 Å². The standard InChI is InChI=1S/C10H15ClN4S/c1-2-12-10-13-5-8(11)9(15-10)14-7-3-4-16-6-7/h5,7H,2-4,6H2,1H3,(H2,12,13,14,15). The van der Waals surface area contributed by atoms with Crippen molar-refractivity contribution in [2.45, 2.75) is 19.4 Å².